The fourth-order valence-electron chi connectivity index (χ4n) is 1.77. The van der Waals surface area contributed by atoms with Crippen LogP contribution in [0.25, 0.3) is 10.9 Å². The summed E-state index contributed by atoms with van der Waals surface area (Å²) in [5.74, 6) is 0.889. The summed E-state index contributed by atoms with van der Waals surface area (Å²) in [6.45, 7) is 1.15. The Hall–Kier alpha value is -1.39. The summed E-state index contributed by atoms with van der Waals surface area (Å²) < 4.78 is 0. The standard InChI is InChI=1S/C13H17N3O.ClH/c17-9-5-1-4-8-14-13-11-6-2-3-7-12(11)15-10-16-13;/h2-3,6-7,10,17H,1,4-5,8-9H2,(H,14,15,16);1H. The lowest BCUT2D eigenvalue weighted by atomic mass is 10.2. The van der Waals surface area contributed by atoms with Gasteiger partial charge in [-0.05, 0) is 31.4 Å². The van der Waals surface area contributed by atoms with Gasteiger partial charge in [0.2, 0.25) is 0 Å². The molecule has 1 aromatic heterocycles. The topological polar surface area (TPSA) is 58.0 Å². The second-order valence-electron chi connectivity index (χ2n) is 3.95. The Morgan fingerprint density at radius 3 is 2.72 bits per heavy atom. The van der Waals surface area contributed by atoms with E-state index in [2.05, 4.69) is 15.3 Å². The molecule has 2 N–H and O–H groups in total. The first kappa shape index (κ1) is 14.7. The van der Waals surface area contributed by atoms with Crippen molar-refractivity contribution in [1.29, 1.82) is 0 Å². The van der Waals surface area contributed by atoms with Gasteiger partial charge in [0.15, 0.2) is 0 Å². The summed E-state index contributed by atoms with van der Waals surface area (Å²) in [5.41, 5.74) is 0.959. The van der Waals surface area contributed by atoms with Gasteiger partial charge in [-0.2, -0.15) is 0 Å². The van der Waals surface area contributed by atoms with Crippen LogP contribution in [0, 0.1) is 0 Å². The average Bonchev–Trinajstić information content (AvgIpc) is 2.39. The van der Waals surface area contributed by atoms with Crippen LogP contribution in [0.15, 0.2) is 30.6 Å². The maximum Gasteiger partial charge on any atom is 0.137 e. The van der Waals surface area contributed by atoms with Crippen LogP contribution >= 0.6 is 12.4 Å². The van der Waals surface area contributed by atoms with Crippen molar-refractivity contribution in [3.05, 3.63) is 30.6 Å². The van der Waals surface area contributed by atoms with E-state index in [0.717, 1.165) is 42.5 Å². The molecule has 0 spiro atoms. The smallest absolute Gasteiger partial charge is 0.137 e. The van der Waals surface area contributed by atoms with E-state index in [9.17, 15) is 0 Å². The summed E-state index contributed by atoms with van der Waals surface area (Å²) in [6, 6.07) is 7.96. The van der Waals surface area contributed by atoms with E-state index in [1.54, 1.807) is 6.33 Å². The third-order valence-corrected chi connectivity index (χ3v) is 2.67. The Kier molecular flexibility index (Phi) is 6.39. The number of aliphatic hydroxyl groups is 1. The minimum Gasteiger partial charge on any atom is -0.396 e. The van der Waals surface area contributed by atoms with E-state index in [1.807, 2.05) is 24.3 Å². The van der Waals surface area contributed by atoms with E-state index in [1.165, 1.54) is 0 Å². The molecular weight excluding hydrogens is 250 g/mol. The number of halogens is 1. The molecule has 5 heteroatoms. The fraction of sp³-hybridized carbons (Fsp3) is 0.385. The molecule has 0 bridgehead atoms. The zero-order valence-corrected chi connectivity index (χ0v) is 11.0. The highest BCUT2D eigenvalue weighted by Crippen LogP contribution is 2.18. The normalized spacial score (nSPS) is 10.1. The van der Waals surface area contributed by atoms with Crippen LogP contribution in [0.4, 0.5) is 5.82 Å². The fourth-order valence-corrected chi connectivity index (χ4v) is 1.77. The number of para-hydroxylation sites is 1. The molecule has 1 aromatic carbocycles. The zero-order chi connectivity index (χ0) is 11.9. The number of aliphatic hydroxyl groups excluding tert-OH is 1. The highest BCUT2D eigenvalue weighted by atomic mass is 35.5. The summed E-state index contributed by atoms with van der Waals surface area (Å²) in [4.78, 5) is 8.47. The summed E-state index contributed by atoms with van der Waals surface area (Å²) in [5, 5.41) is 13.0. The number of nitrogens with one attached hydrogen (secondary N) is 1. The Morgan fingerprint density at radius 1 is 1.06 bits per heavy atom. The summed E-state index contributed by atoms with van der Waals surface area (Å²) in [7, 11) is 0. The molecule has 2 rings (SSSR count). The van der Waals surface area contributed by atoms with Gasteiger partial charge in [0, 0.05) is 18.5 Å². The van der Waals surface area contributed by atoms with Gasteiger partial charge in [0.05, 0.1) is 5.52 Å². The number of hydrogen-bond acceptors (Lipinski definition) is 4. The first-order chi connectivity index (χ1) is 8.42. The molecule has 0 radical (unpaired) electrons. The summed E-state index contributed by atoms with van der Waals surface area (Å²) in [6.07, 6.45) is 4.52. The van der Waals surface area contributed by atoms with Crippen molar-refractivity contribution in [2.24, 2.45) is 0 Å². The highest BCUT2D eigenvalue weighted by molar-refractivity contribution is 5.88. The van der Waals surface area contributed by atoms with Crippen molar-refractivity contribution in [2.45, 2.75) is 19.3 Å². The molecule has 1 heterocycles. The van der Waals surface area contributed by atoms with Gasteiger partial charge < -0.3 is 10.4 Å². The molecule has 18 heavy (non-hydrogen) atoms. The van der Waals surface area contributed by atoms with Crippen LogP contribution in [-0.4, -0.2) is 28.2 Å². The Labute approximate surface area is 113 Å². The lowest BCUT2D eigenvalue weighted by Gasteiger charge is -2.07. The van der Waals surface area contributed by atoms with E-state index < -0.39 is 0 Å². The quantitative estimate of drug-likeness (QED) is 0.790. The monoisotopic (exact) mass is 267 g/mol. The molecule has 0 atom stereocenters. The molecule has 0 aliphatic rings. The molecule has 0 aliphatic heterocycles. The van der Waals surface area contributed by atoms with Crippen LogP contribution in [0.1, 0.15) is 19.3 Å². The number of fused-ring (bicyclic) bond motifs is 1. The SMILES string of the molecule is Cl.OCCCCCNc1ncnc2ccccc12. The molecular formula is C13H18ClN3O. The zero-order valence-electron chi connectivity index (χ0n) is 10.2. The van der Waals surface area contributed by atoms with Crippen LogP contribution < -0.4 is 5.32 Å². The lowest BCUT2D eigenvalue weighted by molar-refractivity contribution is 0.283. The van der Waals surface area contributed by atoms with Crippen molar-refractivity contribution in [3.8, 4) is 0 Å². The second-order valence-corrected chi connectivity index (χ2v) is 3.95. The van der Waals surface area contributed by atoms with Gasteiger partial charge in [0.25, 0.3) is 0 Å². The minimum atomic E-state index is 0. The number of benzene rings is 1. The first-order valence-corrected chi connectivity index (χ1v) is 5.96. The van der Waals surface area contributed by atoms with Gasteiger partial charge in [-0.15, -0.1) is 12.4 Å². The maximum absolute atomic E-state index is 8.68. The predicted octanol–water partition coefficient (Wildman–Crippen LogP) is 2.63. The predicted molar refractivity (Wildman–Crippen MR) is 76.2 cm³/mol. The van der Waals surface area contributed by atoms with Crippen LogP contribution in [0.2, 0.25) is 0 Å². The number of aromatic nitrogens is 2. The van der Waals surface area contributed by atoms with Gasteiger partial charge >= 0.3 is 0 Å². The third-order valence-electron chi connectivity index (χ3n) is 2.67. The largest absolute Gasteiger partial charge is 0.396 e. The van der Waals surface area contributed by atoms with Crippen LogP contribution in [-0.2, 0) is 0 Å². The minimum absolute atomic E-state index is 0. The Balaban J connectivity index is 0.00000162. The van der Waals surface area contributed by atoms with Gasteiger partial charge in [0.1, 0.15) is 12.1 Å². The number of rotatable bonds is 6. The molecule has 98 valence electrons. The molecule has 0 aliphatic carbocycles. The highest BCUT2D eigenvalue weighted by Gasteiger charge is 2.01. The molecule has 4 nitrogen and oxygen atoms in total. The van der Waals surface area contributed by atoms with Gasteiger partial charge in [-0.25, -0.2) is 9.97 Å². The summed E-state index contributed by atoms with van der Waals surface area (Å²) >= 11 is 0. The van der Waals surface area contributed by atoms with E-state index in [4.69, 9.17) is 5.11 Å². The number of unbranched alkanes of at least 4 members (excludes halogenated alkanes) is 2. The first-order valence-electron chi connectivity index (χ1n) is 5.96. The van der Waals surface area contributed by atoms with Crippen molar-refractivity contribution in [3.63, 3.8) is 0 Å². The van der Waals surface area contributed by atoms with Gasteiger partial charge in [-0.3, -0.25) is 0 Å². The Morgan fingerprint density at radius 2 is 1.89 bits per heavy atom. The van der Waals surface area contributed by atoms with Crippen molar-refractivity contribution in [2.75, 3.05) is 18.5 Å². The molecule has 0 amide bonds. The van der Waals surface area contributed by atoms with Crippen LogP contribution in [0.3, 0.4) is 0 Å². The maximum atomic E-state index is 8.68. The van der Waals surface area contributed by atoms with E-state index in [-0.39, 0.29) is 19.0 Å². The number of anilines is 1. The van der Waals surface area contributed by atoms with E-state index in [0.29, 0.717) is 0 Å². The second kappa shape index (κ2) is 7.84. The van der Waals surface area contributed by atoms with Gasteiger partial charge in [-0.1, -0.05) is 12.1 Å². The van der Waals surface area contributed by atoms with Crippen molar-refractivity contribution in [1.82, 2.24) is 9.97 Å². The Bertz CT molecular complexity index is 473. The molecule has 0 unspecified atom stereocenters. The van der Waals surface area contributed by atoms with Crippen LogP contribution in [0.5, 0.6) is 0 Å². The third kappa shape index (κ3) is 3.82. The number of nitrogens with zero attached hydrogens (tertiary/aromatic N) is 2. The average molecular weight is 268 g/mol. The molecule has 0 fully saturated rings. The van der Waals surface area contributed by atoms with E-state index >= 15 is 0 Å². The molecule has 0 saturated heterocycles. The van der Waals surface area contributed by atoms with Crippen molar-refractivity contribution >= 4 is 29.1 Å². The molecule has 2 aromatic rings. The number of hydrogen-bond donors (Lipinski definition) is 2. The van der Waals surface area contributed by atoms with Crippen molar-refractivity contribution < 1.29 is 5.11 Å². The lowest BCUT2D eigenvalue weighted by Crippen LogP contribution is -2.04. The molecule has 0 saturated carbocycles.